The van der Waals surface area contributed by atoms with Gasteiger partial charge in [-0.2, -0.15) is 0 Å². The summed E-state index contributed by atoms with van der Waals surface area (Å²) in [7, 11) is 1.69. The second kappa shape index (κ2) is 6.60. The van der Waals surface area contributed by atoms with Crippen molar-refractivity contribution in [1.29, 1.82) is 0 Å². The lowest BCUT2D eigenvalue weighted by atomic mass is 10.1. The van der Waals surface area contributed by atoms with Crippen molar-refractivity contribution in [3.63, 3.8) is 0 Å². The molecular formula is C18H18O. The van der Waals surface area contributed by atoms with Crippen LogP contribution in [0.2, 0.25) is 0 Å². The van der Waals surface area contributed by atoms with E-state index in [1.54, 1.807) is 7.11 Å². The molecule has 19 heavy (non-hydrogen) atoms. The summed E-state index contributed by atoms with van der Waals surface area (Å²) < 4.78 is 5.37. The fraction of sp³-hybridized carbons (Fsp3) is 0.111. The minimum absolute atomic E-state index is 0.840. The van der Waals surface area contributed by atoms with Gasteiger partial charge in [0, 0.05) is 0 Å². The van der Waals surface area contributed by atoms with Crippen molar-refractivity contribution in [2.75, 3.05) is 7.11 Å². The van der Waals surface area contributed by atoms with Crippen molar-refractivity contribution in [2.45, 2.75) is 6.92 Å². The van der Waals surface area contributed by atoms with E-state index in [9.17, 15) is 0 Å². The van der Waals surface area contributed by atoms with Crippen molar-refractivity contribution in [2.24, 2.45) is 0 Å². The first-order chi connectivity index (χ1) is 9.28. The highest BCUT2D eigenvalue weighted by Crippen LogP contribution is 2.11. The quantitative estimate of drug-likeness (QED) is 0.564. The number of methoxy groups -OCH3 is 1. The fourth-order valence-corrected chi connectivity index (χ4v) is 1.74. The lowest BCUT2D eigenvalue weighted by molar-refractivity contribution is 0.311. The Bertz CT molecular complexity index is 562. The molecule has 96 valence electrons. The summed E-state index contributed by atoms with van der Waals surface area (Å²) in [6.07, 6.45) is 6.06. The highest BCUT2D eigenvalue weighted by Gasteiger charge is 1.92. The van der Waals surface area contributed by atoms with E-state index in [2.05, 4.69) is 49.4 Å². The molecule has 0 aromatic heterocycles. The number of allylic oxidation sites excluding steroid dienone is 1. The predicted molar refractivity (Wildman–Crippen MR) is 81.6 cm³/mol. The van der Waals surface area contributed by atoms with Crippen LogP contribution in [0, 0.1) is 6.92 Å². The SMILES string of the molecule is COC(C=Cc1ccc(C)cc1)=Cc1ccccc1. The van der Waals surface area contributed by atoms with Crippen molar-refractivity contribution in [3.8, 4) is 0 Å². The Morgan fingerprint density at radius 2 is 1.58 bits per heavy atom. The molecule has 0 N–H and O–H groups in total. The highest BCUT2D eigenvalue weighted by atomic mass is 16.5. The Morgan fingerprint density at radius 3 is 2.21 bits per heavy atom. The zero-order valence-corrected chi connectivity index (χ0v) is 11.3. The van der Waals surface area contributed by atoms with Gasteiger partial charge >= 0.3 is 0 Å². The lowest BCUT2D eigenvalue weighted by Gasteiger charge is -2.01. The molecule has 2 aromatic rings. The molecular weight excluding hydrogens is 232 g/mol. The van der Waals surface area contributed by atoms with E-state index in [0.717, 1.165) is 11.3 Å². The molecule has 0 saturated heterocycles. The van der Waals surface area contributed by atoms with Gasteiger partial charge in [0.05, 0.1) is 7.11 Å². The summed E-state index contributed by atoms with van der Waals surface area (Å²) in [5.74, 6) is 0.840. The molecule has 0 spiro atoms. The molecule has 0 radical (unpaired) electrons. The number of hydrogen-bond donors (Lipinski definition) is 0. The van der Waals surface area contributed by atoms with Gasteiger partial charge in [-0.15, -0.1) is 0 Å². The Kier molecular flexibility index (Phi) is 4.57. The predicted octanol–water partition coefficient (Wildman–Crippen LogP) is 4.70. The van der Waals surface area contributed by atoms with Crippen molar-refractivity contribution in [1.82, 2.24) is 0 Å². The monoisotopic (exact) mass is 250 g/mol. The summed E-state index contributed by atoms with van der Waals surface area (Å²) >= 11 is 0. The maximum Gasteiger partial charge on any atom is 0.119 e. The van der Waals surface area contributed by atoms with Crippen molar-refractivity contribution in [3.05, 3.63) is 83.1 Å². The lowest BCUT2D eigenvalue weighted by Crippen LogP contribution is -1.82. The molecule has 0 aliphatic carbocycles. The zero-order valence-electron chi connectivity index (χ0n) is 11.3. The molecule has 0 fully saturated rings. The molecule has 1 nitrogen and oxygen atoms in total. The van der Waals surface area contributed by atoms with Crippen molar-refractivity contribution >= 4 is 12.2 Å². The topological polar surface area (TPSA) is 9.23 Å². The Morgan fingerprint density at radius 1 is 0.895 bits per heavy atom. The maximum absolute atomic E-state index is 5.37. The van der Waals surface area contributed by atoms with Crippen LogP contribution in [0.15, 0.2) is 66.4 Å². The molecule has 0 unspecified atom stereocenters. The van der Waals surface area contributed by atoms with E-state index < -0.39 is 0 Å². The average molecular weight is 250 g/mol. The minimum Gasteiger partial charge on any atom is -0.497 e. The first-order valence-corrected chi connectivity index (χ1v) is 6.33. The number of rotatable bonds is 4. The van der Waals surface area contributed by atoms with Gasteiger partial charge in [-0.3, -0.25) is 0 Å². The standard InChI is InChI=1S/C18H18O/c1-15-8-10-16(11-9-15)12-13-18(19-2)14-17-6-4-3-5-7-17/h3-14H,1-2H3. The number of hydrogen-bond acceptors (Lipinski definition) is 1. The van der Waals surface area contributed by atoms with Crippen LogP contribution in [-0.2, 0) is 4.74 Å². The Hall–Kier alpha value is -2.28. The summed E-state index contributed by atoms with van der Waals surface area (Å²) in [4.78, 5) is 0. The molecule has 0 aliphatic heterocycles. The van der Waals surface area contributed by atoms with E-state index in [4.69, 9.17) is 4.74 Å². The first-order valence-electron chi connectivity index (χ1n) is 6.33. The molecule has 0 atom stereocenters. The van der Waals surface area contributed by atoms with Crippen LogP contribution in [0.4, 0.5) is 0 Å². The molecule has 0 bridgehead atoms. The van der Waals surface area contributed by atoms with E-state index in [-0.39, 0.29) is 0 Å². The van der Waals surface area contributed by atoms with Gasteiger partial charge in [0.1, 0.15) is 5.76 Å². The second-order valence-electron chi connectivity index (χ2n) is 4.41. The van der Waals surface area contributed by atoms with Gasteiger partial charge in [0.25, 0.3) is 0 Å². The molecule has 0 saturated carbocycles. The van der Waals surface area contributed by atoms with Gasteiger partial charge in [-0.05, 0) is 30.2 Å². The Balaban J connectivity index is 2.15. The van der Waals surface area contributed by atoms with E-state index in [1.165, 1.54) is 11.1 Å². The van der Waals surface area contributed by atoms with Gasteiger partial charge in [-0.1, -0.05) is 66.2 Å². The molecule has 0 aliphatic rings. The molecule has 0 amide bonds. The third kappa shape index (κ3) is 4.14. The summed E-state index contributed by atoms with van der Waals surface area (Å²) in [5.41, 5.74) is 3.57. The number of benzene rings is 2. The van der Waals surface area contributed by atoms with Gasteiger partial charge in [-0.25, -0.2) is 0 Å². The third-order valence-electron chi connectivity index (χ3n) is 2.86. The third-order valence-corrected chi connectivity index (χ3v) is 2.86. The van der Waals surface area contributed by atoms with Crippen molar-refractivity contribution < 1.29 is 4.74 Å². The van der Waals surface area contributed by atoms with Crippen LogP contribution in [0.3, 0.4) is 0 Å². The highest BCUT2D eigenvalue weighted by molar-refractivity contribution is 5.59. The normalized spacial score (nSPS) is 11.8. The van der Waals surface area contributed by atoms with Crippen LogP contribution in [-0.4, -0.2) is 7.11 Å². The molecule has 0 heterocycles. The average Bonchev–Trinajstić information content (AvgIpc) is 2.46. The van der Waals surface area contributed by atoms with E-state index in [0.29, 0.717) is 0 Å². The summed E-state index contributed by atoms with van der Waals surface area (Å²) in [6, 6.07) is 18.6. The fourth-order valence-electron chi connectivity index (χ4n) is 1.74. The molecule has 2 rings (SSSR count). The van der Waals surface area contributed by atoms with E-state index >= 15 is 0 Å². The molecule has 2 aromatic carbocycles. The second-order valence-corrected chi connectivity index (χ2v) is 4.41. The molecule has 1 heteroatoms. The maximum atomic E-state index is 5.37. The minimum atomic E-state index is 0.840. The summed E-state index contributed by atoms with van der Waals surface area (Å²) in [5, 5.41) is 0. The van der Waals surface area contributed by atoms with Crippen LogP contribution < -0.4 is 0 Å². The first kappa shape index (κ1) is 13.2. The number of aryl methyl sites for hydroxylation is 1. The summed E-state index contributed by atoms with van der Waals surface area (Å²) in [6.45, 7) is 2.09. The smallest absolute Gasteiger partial charge is 0.119 e. The van der Waals surface area contributed by atoms with Gasteiger partial charge < -0.3 is 4.74 Å². The zero-order chi connectivity index (χ0) is 13.5. The van der Waals surface area contributed by atoms with Gasteiger partial charge in [0.15, 0.2) is 0 Å². The van der Waals surface area contributed by atoms with Crippen LogP contribution in [0.1, 0.15) is 16.7 Å². The van der Waals surface area contributed by atoms with E-state index in [1.807, 2.05) is 30.4 Å². The van der Waals surface area contributed by atoms with Crippen LogP contribution in [0.25, 0.3) is 12.2 Å². The largest absolute Gasteiger partial charge is 0.497 e. The van der Waals surface area contributed by atoms with Crippen LogP contribution in [0.5, 0.6) is 0 Å². The Labute approximate surface area is 114 Å². The van der Waals surface area contributed by atoms with Crippen LogP contribution >= 0.6 is 0 Å². The number of ether oxygens (including phenoxy) is 1. The van der Waals surface area contributed by atoms with Gasteiger partial charge in [0.2, 0.25) is 0 Å².